The zero-order chi connectivity index (χ0) is 13.9. The van der Waals surface area contributed by atoms with Gasteiger partial charge in [-0.1, -0.05) is 6.92 Å². The lowest BCUT2D eigenvalue weighted by Crippen LogP contribution is -2.19. The summed E-state index contributed by atoms with van der Waals surface area (Å²) in [5, 5.41) is 12.6. The van der Waals surface area contributed by atoms with Gasteiger partial charge in [-0.05, 0) is 38.3 Å². The SMILES string of the molecule is CCc1cc(Cn2nccc2CNC2CC2)n(CC)n1. The van der Waals surface area contributed by atoms with E-state index in [1.54, 1.807) is 0 Å². The molecule has 20 heavy (non-hydrogen) atoms. The van der Waals surface area contributed by atoms with Gasteiger partial charge in [-0.2, -0.15) is 10.2 Å². The molecule has 1 aliphatic carbocycles. The van der Waals surface area contributed by atoms with Crippen molar-refractivity contribution in [1.29, 1.82) is 0 Å². The van der Waals surface area contributed by atoms with Gasteiger partial charge in [0.2, 0.25) is 0 Å². The lowest BCUT2D eigenvalue weighted by Gasteiger charge is -2.09. The van der Waals surface area contributed by atoms with Crippen LogP contribution in [-0.2, 0) is 26.1 Å². The van der Waals surface area contributed by atoms with Crippen LogP contribution in [0.15, 0.2) is 18.3 Å². The van der Waals surface area contributed by atoms with Gasteiger partial charge in [-0.3, -0.25) is 9.36 Å². The molecule has 2 aromatic heterocycles. The van der Waals surface area contributed by atoms with Gasteiger partial charge in [0.05, 0.1) is 23.6 Å². The number of nitrogens with one attached hydrogen (secondary N) is 1. The Morgan fingerprint density at radius 3 is 2.80 bits per heavy atom. The molecule has 0 aliphatic heterocycles. The molecule has 1 saturated carbocycles. The second kappa shape index (κ2) is 5.79. The normalized spacial score (nSPS) is 14.9. The molecule has 0 saturated heterocycles. The van der Waals surface area contributed by atoms with Crippen LogP contribution in [0.4, 0.5) is 0 Å². The molecule has 0 amide bonds. The van der Waals surface area contributed by atoms with E-state index < -0.39 is 0 Å². The molecule has 0 atom stereocenters. The third-order valence-electron chi connectivity index (χ3n) is 3.84. The maximum atomic E-state index is 4.60. The van der Waals surface area contributed by atoms with E-state index in [1.165, 1.54) is 24.2 Å². The molecule has 1 N–H and O–H groups in total. The van der Waals surface area contributed by atoms with Gasteiger partial charge < -0.3 is 5.32 Å². The van der Waals surface area contributed by atoms with Crippen LogP contribution in [0.2, 0.25) is 0 Å². The topological polar surface area (TPSA) is 47.7 Å². The first kappa shape index (κ1) is 13.4. The molecular formula is C15H23N5. The Kier molecular flexibility index (Phi) is 3.87. The van der Waals surface area contributed by atoms with Crippen LogP contribution in [0.25, 0.3) is 0 Å². The van der Waals surface area contributed by atoms with Crippen molar-refractivity contribution >= 4 is 0 Å². The average Bonchev–Trinajstić information content (AvgIpc) is 3.05. The zero-order valence-corrected chi connectivity index (χ0v) is 12.3. The monoisotopic (exact) mass is 273 g/mol. The summed E-state index contributed by atoms with van der Waals surface area (Å²) < 4.78 is 4.16. The summed E-state index contributed by atoms with van der Waals surface area (Å²) >= 11 is 0. The van der Waals surface area contributed by atoms with Crippen molar-refractivity contribution in [3.05, 3.63) is 35.4 Å². The average molecular weight is 273 g/mol. The fourth-order valence-electron chi connectivity index (χ4n) is 2.43. The summed E-state index contributed by atoms with van der Waals surface area (Å²) in [5.74, 6) is 0. The van der Waals surface area contributed by atoms with Gasteiger partial charge in [0.1, 0.15) is 0 Å². The molecule has 2 aromatic rings. The molecule has 2 heterocycles. The Labute approximate surface area is 120 Å². The third-order valence-corrected chi connectivity index (χ3v) is 3.84. The predicted molar refractivity (Wildman–Crippen MR) is 78.5 cm³/mol. The molecule has 0 spiro atoms. The number of aryl methyl sites for hydroxylation is 2. The van der Waals surface area contributed by atoms with E-state index in [0.29, 0.717) is 0 Å². The molecule has 0 unspecified atom stereocenters. The highest BCUT2D eigenvalue weighted by Crippen LogP contribution is 2.19. The highest BCUT2D eigenvalue weighted by Gasteiger charge is 2.20. The number of rotatable bonds is 7. The summed E-state index contributed by atoms with van der Waals surface area (Å²) in [5.41, 5.74) is 3.64. The Morgan fingerprint density at radius 1 is 1.25 bits per heavy atom. The Hall–Kier alpha value is -1.62. The second-order valence-electron chi connectivity index (χ2n) is 5.43. The first-order valence-electron chi connectivity index (χ1n) is 7.59. The fourth-order valence-corrected chi connectivity index (χ4v) is 2.43. The predicted octanol–water partition coefficient (Wildman–Crippen LogP) is 1.96. The largest absolute Gasteiger partial charge is 0.308 e. The van der Waals surface area contributed by atoms with E-state index in [9.17, 15) is 0 Å². The van der Waals surface area contributed by atoms with Crippen LogP contribution in [0.3, 0.4) is 0 Å². The van der Waals surface area contributed by atoms with E-state index >= 15 is 0 Å². The standard InChI is InChI=1S/C15H23N5/c1-3-12-9-15(19(4-2)18-12)11-20-14(7-8-17-20)10-16-13-5-6-13/h7-9,13,16H,3-6,10-11H2,1-2H3. The highest BCUT2D eigenvalue weighted by atomic mass is 15.3. The van der Waals surface area contributed by atoms with E-state index in [0.717, 1.165) is 37.8 Å². The molecule has 1 fully saturated rings. The van der Waals surface area contributed by atoms with Gasteiger partial charge in [0, 0.05) is 25.3 Å². The minimum absolute atomic E-state index is 0.728. The van der Waals surface area contributed by atoms with Gasteiger partial charge in [0.25, 0.3) is 0 Å². The lowest BCUT2D eigenvalue weighted by molar-refractivity contribution is 0.547. The van der Waals surface area contributed by atoms with Gasteiger partial charge >= 0.3 is 0 Å². The fraction of sp³-hybridized carbons (Fsp3) is 0.600. The number of hydrogen-bond acceptors (Lipinski definition) is 3. The maximum absolute atomic E-state index is 4.60. The summed E-state index contributed by atoms with van der Waals surface area (Å²) in [7, 11) is 0. The molecule has 0 bridgehead atoms. The first-order valence-corrected chi connectivity index (χ1v) is 7.59. The quantitative estimate of drug-likeness (QED) is 0.839. The Balaban J connectivity index is 1.73. The smallest absolute Gasteiger partial charge is 0.0832 e. The minimum Gasteiger partial charge on any atom is -0.308 e. The summed E-state index contributed by atoms with van der Waals surface area (Å²) in [6, 6.07) is 5.03. The Bertz CT molecular complexity index is 565. The maximum Gasteiger partial charge on any atom is 0.0832 e. The summed E-state index contributed by atoms with van der Waals surface area (Å²) in [6.07, 6.45) is 5.50. The summed E-state index contributed by atoms with van der Waals surface area (Å²) in [4.78, 5) is 0. The molecule has 108 valence electrons. The van der Waals surface area contributed by atoms with Crippen molar-refractivity contribution in [3.8, 4) is 0 Å². The second-order valence-corrected chi connectivity index (χ2v) is 5.43. The van der Waals surface area contributed by atoms with E-state index in [1.807, 2.05) is 6.20 Å². The van der Waals surface area contributed by atoms with Crippen LogP contribution >= 0.6 is 0 Å². The first-order chi connectivity index (χ1) is 9.80. The van der Waals surface area contributed by atoms with Crippen molar-refractivity contribution in [1.82, 2.24) is 24.9 Å². The minimum atomic E-state index is 0.728. The van der Waals surface area contributed by atoms with Crippen molar-refractivity contribution in [2.75, 3.05) is 0 Å². The lowest BCUT2D eigenvalue weighted by atomic mass is 10.3. The summed E-state index contributed by atoms with van der Waals surface area (Å²) in [6.45, 7) is 6.90. The van der Waals surface area contributed by atoms with Crippen molar-refractivity contribution < 1.29 is 0 Å². The molecule has 3 rings (SSSR count). The van der Waals surface area contributed by atoms with Gasteiger partial charge in [-0.25, -0.2) is 0 Å². The molecule has 0 radical (unpaired) electrons. The van der Waals surface area contributed by atoms with Gasteiger partial charge in [0.15, 0.2) is 0 Å². The van der Waals surface area contributed by atoms with Gasteiger partial charge in [-0.15, -0.1) is 0 Å². The van der Waals surface area contributed by atoms with Crippen molar-refractivity contribution in [2.24, 2.45) is 0 Å². The molecule has 0 aromatic carbocycles. The van der Waals surface area contributed by atoms with Crippen LogP contribution in [0.5, 0.6) is 0 Å². The molecule has 1 aliphatic rings. The van der Waals surface area contributed by atoms with Crippen LogP contribution in [0.1, 0.15) is 43.8 Å². The molecule has 5 heteroatoms. The van der Waals surface area contributed by atoms with Crippen molar-refractivity contribution in [2.45, 2.75) is 58.8 Å². The number of aromatic nitrogens is 4. The molecular weight excluding hydrogens is 250 g/mol. The number of nitrogens with zero attached hydrogens (tertiary/aromatic N) is 4. The van der Waals surface area contributed by atoms with E-state index in [-0.39, 0.29) is 0 Å². The van der Waals surface area contributed by atoms with Crippen molar-refractivity contribution in [3.63, 3.8) is 0 Å². The Morgan fingerprint density at radius 2 is 2.10 bits per heavy atom. The van der Waals surface area contributed by atoms with Crippen LogP contribution < -0.4 is 5.32 Å². The number of hydrogen-bond donors (Lipinski definition) is 1. The van der Waals surface area contributed by atoms with Crippen LogP contribution in [-0.4, -0.2) is 25.6 Å². The zero-order valence-electron chi connectivity index (χ0n) is 12.3. The highest BCUT2D eigenvalue weighted by molar-refractivity contribution is 5.12. The van der Waals surface area contributed by atoms with E-state index in [2.05, 4.69) is 50.9 Å². The third kappa shape index (κ3) is 2.93. The van der Waals surface area contributed by atoms with E-state index in [4.69, 9.17) is 0 Å². The van der Waals surface area contributed by atoms with Crippen LogP contribution in [0, 0.1) is 0 Å². The molecule has 5 nitrogen and oxygen atoms in total.